The summed E-state index contributed by atoms with van der Waals surface area (Å²) in [6.45, 7) is 0. The molecule has 0 saturated heterocycles. The van der Waals surface area contributed by atoms with Crippen LogP contribution in [0.3, 0.4) is 0 Å². The number of hydrogen-bond donors (Lipinski definition) is 1. The van der Waals surface area contributed by atoms with Crippen molar-refractivity contribution < 1.29 is 0 Å². The summed E-state index contributed by atoms with van der Waals surface area (Å²) in [7, 11) is 0. The van der Waals surface area contributed by atoms with Gasteiger partial charge in [0.2, 0.25) is 0 Å². The van der Waals surface area contributed by atoms with E-state index >= 15 is 0 Å². The van der Waals surface area contributed by atoms with Crippen molar-refractivity contribution in [3.63, 3.8) is 0 Å². The Morgan fingerprint density at radius 3 is 3.00 bits per heavy atom. The zero-order valence-electron chi connectivity index (χ0n) is 8.44. The average Bonchev–Trinajstić information content (AvgIpc) is 2.30. The molecule has 0 amide bonds. The number of nitrogens with zero attached hydrogens (tertiary/aromatic N) is 2. The van der Waals surface area contributed by atoms with Gasteiger partial charge in [0.1, 0.15) is 11.5 Å². The first kappa shape index (κ1) is 11.3. The fourth-order valence-corrected chi connectivity index (χ4v) is 1.64. The maximum atomic E-state index is 5.94. The second-order valence-electron chi connectivity index (χ2n) is 3.17. The summed E-state index contributed by atoms with van der Waals surface area (Å²) in [5.41, 5.74) is 1.75. The van der Waals surface area contributed by atoms with Crippen LogP contribution in [0.1, 0.15) is 12.0 Å². The first-order chi connectivity index (χ1) is 7.81. The van der Waals surface area contributed by atoms with Gasteiger partial charge in [-0.1, -0.05) is 23.4 Å². The van der Waals surface area contributed by atoms with Crippen LogP contribution in [0.15, 0.2) is 24.5 Å². The summed E-state index contributed by atoms with van der Waals surface area (Å²) in [4.78, 5) is 8.07. The average molecular weight is 249 g/mol. The number of halogens is 1. The summed E-state index contributed by atoms with van der Waals surface area (Å²) in [5, 5.41) is 1.32. The Balaban J connectivity index is 2.42. The molecule has 16 heavy (non-hydrogen) atoms. The molecule has 4 heteroatoms. The van der Waals surface area contributed by atoms with Gasteiger partial charge in [0.15, 0.2) is 0 Å². The molecule has 0 saturated carbocycles. The number of benzene rings is 1. The minimum atomic E-state index is 0.472. The van der Waals surface area contributed by atoms with Crippen LogP contribution >= 0.6 is 24.2 Å². The number of aromatic nitrogens is 2. The molecule has 0 unspecified atom stereocenters. The van der Waals surface area contributed by atoms with Gasteiger partial charge in [-0.2, -0.15) is 12.6 Å². The topological polar surface area (TPSA) is 25.8 Å². The van der Waals surface area contributed by atoms with Crippen LogP contribution in [0.2, 0.25) is 5.15 Å². The lowest BCUT2D eigenvalue weighted by molar-refractivity contribution is 1.22. The van der Waals surface area contributed by atoms with Crippen LogP contribution in [-0.2, 0) is 0 Å². The smallest absolute Gasteiger partial charge is 0.140 e. The lowest BCUT2D eigenvalue weighted by atomic mass is 10.1. The monoisotopic (exact) mass is 248 g/mol. The van der Waals surface area contributed by atoms with Gasteiger partial charge in [-0.25, -0.2) is 9.97 Å². The second-order valence-corrected chi connectivity index (χ2v) is 3.98. The molecule has 2 nitrogen and oxygen atoms in total. The van der Waals surface area contributed by atoms with E-state index in [1.165, 1.54) is 6.33 Å². The Bertz CT molecular complexity index is 572. The molecule has 0 atom stereocenters. The van der Waals surface area contributed by atoms with Gasteiger partial charge in [0, 0.05) is 23.1 Å². The molecule has 2 rings (SSSR count). The van der Waals surface area contributed by atoms with Crippen LogP contribution in [0.25, 0.3) is 10.9 Å². The first-order valence-electron chi connectivity index (χ1n) is 4.81. The van der Waals surface area contributed by atoms with E-state index in [1.54, 1.807) is 0 Å². The first-order valence-corrected chi connectivity index (χ1v) is 5.82. The van der Waals surface area contributed by atoms with Gasteiger partial charge in [0.25, 0.3) is 0 Å². The van der Waals surface area contributed by atoms with Gasteiger partial charge in [-0.3, -0.25) is 0 Å². The highest BCUT2D eigenvalue weighted by molar-refractivity contribution is 7.80. The maximum Gasteiger partial charge on any atom is 0.140 e. The highest BCUT2D eigenvalue weighted by Crippen LogP contribution is 2.19. The molecule has 1 heterocycles. The summed E-state index contributed by atoms with van der Waals surface area (Å²) in [6, 6.07) is 5.72. The lowest BCUT2D eigenvalue weighted by Crippen LogP contribution is -1.84. The zero-order valence-corrected chi connectivity index (χ0v) is 10.1. The number of hydrogen-bond acceptors (Lipinski definition) is 3. The van der Waals surface area contributed by atoms with E-state index in [0.717, 1.165) is 28.6 Å². The number of fused-ring (bicyclic) bond motifs is 1. The molecule has 0 aliphatic rings. The molecule has 0 radical (unpaired) electrons. The van der Waals surface area contributed by atoms with Crippen LogP contribution in [0.5, 0.6) is 0 Å². The molecular weight excluding hydrogens is 240 g/mol. The third kappa shape index (κ3) is 2.46. The minimum absolute atomic E-state index is 0.472. The van der Waals surface area contributed by atoms with Crippen molar-refractivity contribution in [3.8, 4) is 11.8 Å². The van der Waals surface area contributed by atoms with E-state index in [4.69, 9.17) is 11.6 Å². The van der Waals surface area contributed by atoms with E-state index < -0.39 is 0 Å². The molecule has 1 aromatic heterocycles. The van der Waals surface area contributed by atoms with E-state index in [0.29, 0.717) is 5.15 Å². The quantitative estimate of drug-likeness (QED) is 0.477. The fourth-order valence-electron chi connectivity index (χ4n) is 1.32. The van der Waals surface area contributed by atoms with Gasteiger partial charge in [-0.05, 0) is 18.2 Å². The Labute approximate surface area is 104 Å². The van der Waals surface area contributed by atoms with Crippen molar-refractivity contribution in [2.24, 2.45) is 0 Å². The van der Waals surface area contributed by atoms with Crippen molar-refractivity contribution in [3.05, 3.63) is 35.2 Å². The Hall–Kier alpha value is -1.24. The summed E-state index contributed by atoms with van der Waals surface area (Å²) in [6.07, 6.45) is 2.24. The standard InChI is InChI=1S/C12H9ClN2S/c13-12-10-5-4-9(3-1-2-6-16)7-11(10)14-8-15-12/h4-5,7-8,16H,2,6H2. The molecule has 0 fully saturated rings. The predicted molar refractivity (Wildman–Crippen MR) is 69.9 cm³/mol. The van der Waals surface area contributed by atoms with Gasteiger partial charge in [0.05, 0.1) is 5.52 Å². The highest BCUT2D eigenvalue weighted by Gasteiger charge is 2.00. The van der Waals surface area contributed by atoms with E-state index in [-0.39, 0.29) is 0 Å². The molecule has 0 spiro atoms. The molecule has 0 aliphatic carbocycles. The van der Waals surface area contributed by atoms with E-state index in [2.05, 4.69) is 34.4 Å². The maximum absolute atomic E-state index is 5.94. The number of rotatable bonds is 1. The largest absolute Gasteiger partial charge is 0.236 e. The summed E-state index contributed by atoms with van der Waals surface area (Å²) >= 11 is 10.0. The van der Waals surface area contributed by atoms with Crippen LogP contribution in [0.4, 0.5) is 0 Å². The Morgan fingerprint density at radius 2 is 2.19 bits per heavy atom. The van der Waals surface area contributed by atoms with Gasteiger partial charge >= 0.3 is 0 Å². The van der Waals surface area contributed by atoms with Crippen molar-refractivity contribution in [1.82, 2.24) is 9.97 Å². The highest BCUT2D eigenvalue weighted by atomic mass is 35.5. The molecule has 2 aromatic rings. The second kappa shape index (κ2) is 5.20. The van der Waals surface area contributed by atoms with Gasteiger partial charge in [-0.15, -0.1) is 0 Å². The van der Waals surface area contributed by atoms with E-state index in [1.807, 2.05) is 18.2 Å². The Morgan fingerprint density at radius 1 is 1.31 bits per heavy atom. The van der Waals surface area contributed by atoms with Crippen molar-refractivity contribution in [1.29, 1.82) is 0 Å². The van der Waals surface area contributed by atoms with Crippen LogP contribution in [0, 0.1) is 11.8 Å². The SMILES string of the molecule is SCCC#Cc1ccc2c(Cl)ncnc2c1. The molecule has 80 valence electrons. The normalized spacial score (nSPS) is 9.88. The molecule has 0 bridgehead atoms. The predicted octanol–water partition coefficient (Wildman–Crippen LogP) is 2.95. The molecular formula is C12H9ClN2S. The third-order valence-electron chi connectivity index (χ3n) is 2.06. The lowest BCUT2D eigenvalue weighted by Gasteiger charge is -1.98. The van der Waals surface area contributed by atoms with E-state index in [9.17, 15) is 0 Å². The molecule has 0 aliphatic heterocycles. The molecule has 1 aromatic carbocycles. The zero-order chi connectivity index (χ0) is 11.4. The van der Waals surface area contributed by atoms with Crippen molar-refractivity contribution in [2.75, 3.05) is 5.75 Å². The van der Waals surface area contributed by atoms with Crippen LogP contribution in [-0.4, -0.2) is 15.7 Å². The third-order valence-corrected chi connectivity index (χ3v) is 2.58. The summed E-state index contributed by atoms with van der Waals surface area (Å²) in [5.74, 6) is 6.86. The Kier molecular flexibility index (Phi) is 3.66. The van der Waals surface area contributed by atoms with Crippen molar-refractivity contribution >= 4 is 35.1 Å². The summed E-state index contributed by atoms with van der Waals surface area (Å²) < 4.78 is 0. The van der Waals surface area contributed by atoms with Gasteiger partial charge < -0.3 is 0 Å². The number of thiol groups is 1. The fraction of sp³-hybridized carbons (Fsp3) is 0.167. The van der Waals surface area contributed by atoms with Crippen LogP contribution < -0.4 is 0 Å². The minimum Gasteiger partial charge on any atom is -0.236 e. The molecule has 0 N–H and O–H groups in total. The van der Waals surface area contributed by atoms with Crippen molar-refractivity contribution in [2.45, 2.75) is 6.42 Å².